The summed E-state index contributed by atoms with van der Waals surface area (Å²) in [5.74, 6) is -5.43. The van der Waals surface area contributed by atoms with Gasteiger partial charge in [0.1, 0.15) is 0 Å². The summed E-state index contributed by atoms with van der Waals surface area (Å²) < 4.78 is 76.3. The molecule has 0 heterocycles. The highest BCUT2D eigenvalue weighted by Gasteiger charge is 2.63. The quantitative estimate of drug-likeness (QED) is 0.651. The van der Waals surface area contributed by atoms with E-state index in [1.54, 1.807) is 30.3 Å². The molecule has 0 aliphatic rings. The Kier molecular flexibility index (Phi) is 3.98. The molecule has 0 amide bonds. The Morgan fingerprint density at radius 3 is 1.86 bits per heavy atom. The van der Waals surface area contributed by atoms with Gasteiger partial charge < -0.3 is 0 Å². The maximum atomic E-state index is 13.6. The molecule has 0 fully saturated rings. The average Bonchev–Trinajstić information content (AvgIpc) is 2.46. The van der Waals surface area contributed by atoms with E-state index in [1.807, 2.05) is 0 Å². The fraction of sp³-hybridized carbons (Fsp3) is 0.200. The molecule has 0 aromatic heterocycles. The van der Waals surface area contributed by atoms with Gasteiger partial charge in [-0.15, -0.1) is 0 Å². The van der Waals surface area contributed by atoms with Gasteiger partial charge in [-0.2, -0.15) is 22.0 Å². The third-order valence-electron chi connectivity index (χ3n) is 2.98. The van der Waals surface area contributed by atoms with Crippen LogP contribution in [-0.2, 0) is 0 Å². The maximum absolute atomic E-state index is 13.6. The lowest BCUT2D eigenvalue weighted by Crippen LogP contribution is -2.40. The molecule has 0 saturated carbocycles. The van der Waals surface area contributed by atoms with Crippen LogP contribution in [-0.4, -0.2) is 12.1 Å². The van der Waals surface area contributed by atoms with E-state index in [0.29, 0.717) is 11.1 Å². The molecule has 0 radical (unpaired) electrons. The van der Waals surface area contributed by atoms with Crippen molar-refractivity contribution >= 4 is 0 Å². The molecule has 2 aromatic rings. The molecule has 0 aliphatic heterocycles. The Bertz CT molecular complexity index is 603. The number of alkyl halides is 6. The predicted molar refractivity (Wildman–Crippen MR) is 66.7 cm³/mol. The molecule has 2 aromatic carbocycles. The first-order valence-corrected chi connectivity index (χ1v) is 5.97. The van der Waals surface area contributed by atoms with Crippen molar-refractivity contribution in [3.8, 4) is 11.1 Å². The molecule has 0 N–H and O–H groups in total. The van der Waals surface area contributed by atoms with E-state index < -0.39 is 23.8 Å². The van der Waals surface area contributed by atoms with Crippen LogP contribution in [0, 0.1) is 0 Å². The Hall–Kier alpha value is -1.98. The molecule has 2 rings (SSSR count). The first kappa shape index (κ1) is 15.4. The van der Waals surface area contributed by atoms with E-state index in [-0.39, 0.29) is 0 Å². The Labute approximate surface area is 117 Å². The van der Waals surface area contributed by atoms with E-state index in [4.69, 9.17) is 0 Å². The molecule has 1 atom stereocenters. The third kappa shape index (κ3) is 3.04. The third-order valence-corrected chi connectivity index (χ3v) is 2.98. The van der Waals surface area contributed by atoms with Gasteiger partial charge in [0.25, 0.3) is 0 Å². The standard InChI is InChI=1S/C15H10F6/c16-13(14(17,18)15(19,20)21)12-8-4-7-11(9-12)10-5-2-1-3-6-10/h1-9,13H. The minimum absolute atomic E-state index is 0.369. The lowest BCUT2D eigenvalue weighted by atomic mass is 9.98. The van der Waals surface area contributed by atoms with Crippen LogP contribution < -0.4 is 0 Å². The molecule has 6 heteroatoms. The van der Waals surface area contributed by atoms with Gasteiger partial charge in [0.05, 0.1) is 0 Å². The van der Waals surface area contributed by atoms with Crippen molar-refractivity contribution in [1.29, 1.82) is 0 Å². The highest BCUT2D eigenvalue weighted by atomic mass is 19.4. The van der Waals surface area contributed by atoms with Crippen LogP contribution in [0.2, 0.25) is 0 Å². The molecule has 0 spiro atoms. The van der Waals surface area contributed by atoms with E-state index in [1.165, 1.54) is 12.1 Å². The smallest absolute Gasteiger partial charge is 0.235 e. The normalized spacial score (nSPS) is 14.0. The van der Waals surface area contributed by atoms with E-state index in [9.17, 15) is 26.3 Å². The van der Waals surface area contributed by atoms with Gasteiger partial charge in [-0.05, 0) is 22.8 Å². The summed E-state index contributed by atoms with van der Waals surface area (Å²) in [5, 5.41) is 0. The van der Waals surface area contributed by atoms with Crippen molar-refractivity contribution in [1.82, 2.24) is 0 Å². The number of benzene rings is 2. The second kappa shape index (κ2) is 5.42. The maximum Gasteiger partial charge on any atom is 0.456 e. The Morgan fingerprint density at radius 2 is 1.29 bits per heavy atom. The molecule has 0 bridgehead atoms. The monoisotopic (exact) mass is 304 g/mol. The zero-order valence-corrected chi connectivity index (χ0v) is 10.5. The topological polar surface area (TPSA) is 0 Å². The van der Waals surface area contributed by atoms with Gasteiger partial charge >= 0.3 is 12.1 Å². The summed E-state index contributed by atoms with van der Waals surface area (Å²) in [7, 11) is 0. The minimum Gasteiger partial charge on any atom is -0.235 e. The number of halogens is 6. The second-order valence-corrected chi connectivity index (χ2v) is 4.47. The van der Waals surface area contributed by atoms with Crippen molar-refractivity contribution < 1.29 is 26.3 Å². The summed E-state index contributed by atoms with van der Waals surface area (Å²) in [4.78, 5) is 0. The summed E-state index contributed by atoms with van der Waals surface area (Å²) >= 11 is 0. The van der Waals surface area contributed by atoms with E-state index in [2.05, 4.69) is 0 Å². The van der Waals surface area contributed by atoms with Gasteiger partial charge in [-0.3, -0.25) is 0 Å². The SMILES string of the molecule is FC(c1cccc(-c2ccccc2)c1)C(F)(F)C(F)(F)F. The average molecular weight is 304 g/mol. The van der Waals surface area contributed by atoms with E-state index in [0.717, 1.165) is 12.1 Å². The van der Waals surface area contributed by atoms with Crippen LogP contribution in [0.15, 0.2) is 54.6 Å². The first-order chi connectivity index (χ1) is 9.73. The van der Waals surface area contributed by atoms with E-state index >= 15 is 0 Å². The summed E-state index contributed by atoms with van der Waals surface area (Å²) in [6.07, 6.45) is -9.38. The summed E-state index contributed by atoms with van der Waals surface area (Å²) in [5.41, 5.74) is 0.259. The lowest BCUT2D eigenvalue weighted by molar-refractivity contribution is -0.305. The molecule has 112 valence electrons. The first-order valence-electron chi connectivity index (χ1n) is 5.97. The van der Waals surface area contributed by atoms with Crippen LogP contribution >= 0.6 is 0 Å². The fourth-order valence-electron chi connectivity index (χ4n) is 1.86. The van der Waals surface area contributed by atoms with Crippen molar-refractivity contribution in [2.45, 2.75) is 18.3 Å². The van der Waals surface area contributed by atoms with Crippen LogP contribution in [0.4, 0.5) is 26.3 Å². The molecule has 0 nitrogen and oxygen atoms in total. The van der Waals surface area contributed by atoms with Gasteiger partial charge in [-0.25, -0.2) is 4.39 Å². The molecular formula is C15H10F6. The number of hydrogen-bond donors (Lipinski definition) is 0. The molecule has 0 aliphatic carbocycles. The Balaban J connectivity index is 2.38. The Morgan fingerprint density at radius 1 is 0.714 bits per heavy atom. The fourth-order valence-corrected chi connectivity index (χ4v) is 1.86. The van der Waals surface area contributed by atoms with Gasteiger partial charge in [0.2, 0.25) is 0 Å². The highest BCUT2D eigenvalue weighted by molar-refractivity contribution is 5.64. The zero-order chi connectivity index (χ0) is 15.7. The van der Waals surface area contributed by atoms with Gasteiger partial charge in [-0.1, -0.05) is 48.5 Å². The molecule has 0 saturated heterocycles. The van der Waals surface area contributed by atoms with Crippen molar-refractivity contribution in [2.75, 3.05) is 0 Å². The van der Waals surface area contributed by atoms with Crippen LogP contribution in [0.25, 0.3) is 11.1 Å². The van der Waals surface area contributed by atoms with Gasteiger partial charge in [0, 0.05) is 0 Å². The molecular weight excluding hydrogens is 294 g/mol. The van der Waals surface area contributed by atoms with Gasteiger partial charge in [0.15, 0.2) is 6.17 Å². The molecule has 1 unspecified atom stereocenters. The molecule has 21 heavy (non-hydrogen) atoms. The summed E-state index contributed by atoms with van der Waals surface area (Å²) in [6.45, 7) is 0. The zero-order valence-electron chi connectivity index (χ0n) is 10.5. The van der Waals surface area contributed by atoms with Crippen molar-refractivity contribution in [2.24, 2.45) is 0 Å². The second-order valence-electron chi connectivity index (χ2n) is 4.47. The lowest BCUT2D eigenvalue weighted by Gasteiger charge is -2.23. The van der Waals surface area contributed by atoms with Crippen LogP contribution in [0.5, 0.6) is 0 Å². The largest absolute Gasteiger partial charge is 0.456 e. The minimum atomic E-state index is -5.94. The highest BCUT2D eigenvalue weighted by Crippen LogP contribution is 2.46. The van der Waals surface area contributed by atoms with Crippen molar-refractivity contribution in [3.63, 3.8) is 0 Å². The predicted octanol–water partition coefficient (Wildman–Crippen LogP) is 5.56. The van der Waals surface area contributed by atoms with Crippen molar-refractivity contribution in [3.05, 3.63) is 60.2 Å². The number of rotatable bonds is 3. The summed E-state index contributed by atoms with van der Waals surface area (Å²) in [6, 6.07) is 13.1. The number of hydrogen-bond acceptors (Lipinski definition) is 0. The van der Waals surface area contributed by atoms with Crippen LogP contribution in [0.1, 0.15) is 11.7 Å². The van der Waals surface area contributed by atoms with Crippen LogP contribution in [0.3, 0.4) is 0 Å².